The molecule has 0 amide bonds. The second-order valence-corrected chi connectivity index (χ2v) is 5.43. The topological polar surface area (TPSA) is 29.5 Å². The molecule has 0 aliphatic carbocycles. The molecule has 1 fully saturated rings. The maximum Gasteiger partial charge on any atom is 0.328 e. The van der Waals surface area contributed by atoms with Crippen molar-refractivity contribution in [2.45, 2.75) is 45.1 Å². The highest BCUT2D eigenvalue weighted by Gasteiger charge is 2.29. The Morgan fingerprint density at radius 3 is 2.55 bits per heavy atom. The van der Waals surface area contributed by atoms with Crippen LogP contribution in [0, 0.1) is 0 Å². The van der Waals surface area contributed by atoms with Gasteiger partial charge in [0.05, 0.1) is 6.61 Å². The van der Waals surface area contributed by atoms with E-state index in [9.17, 15) is 4.79 Å². The summed E-state index contributed by atoms with van der Waals surface area (Å²) in [5, 5.41) is 0. The smallest absolute Gasteiger partial charge is 0.328 e. The molecule has 0 spiro atoms. The van der Waals surface area contributed by atoms with Crippen molar-refractivity contribution in [3.8, 4) is 0 Å². The summed E-state index contributed by atoms with van der Waals surface area (Å²) < 4.78 is 5.47. The summed E-state index contributed by atoms with van der Waals surface area (Å²) in [6, 6.07) is 9.80. The van der Waals surface area contributed by atoms with Crippen molar-refractivity contribution in [1.82, 2.24) is 4.90 Å². The first-order chi connectivity index (χ1) is 9.83. The number of ether oxygens (including phenoxy) is 1. The van der Waals surface area contributed by atoms with E-state index in [0.717, 1.165) is 31.5 Å². The molecule has 20 heavy (non-hydrogen) atoms. The number of carbonyl (C=O) groups is 1. The molecule has 110 valence electrons. The molecule has 1 aliphatic rings. The Hall–Kier alpha value is -1.35. The first-order valence-corrected chi connectivity index (χ1v) is 7.78. The van der Waals surface area contributed by atoms with E-state index >= 15 is 0 Å². The zero-order chi connectivity index (χ0) is 14.2. The number of piperidine rings is 1. The molecule has 1 aliphatic heterocycles. The quantitative estimate of drug-likeness (QED) is 0.587. The average Bonchev–Trinajstić information content (AvgIpc) is 2.50. The third-order valence-corrected chi connectivity index (χ3v) is 3.84. The number of likely N-dealkylation sites (tertiary alicyclic amines) is 1. The summed E-state index contributed by atoms with van der Waals surface area (Å²) in [7, 11) is 0. The van der Waals surface area contributed by atoms with Gasteiger partial charge in [-0.25, -0.2) is 4.79 Å². The van der Waals surface area contributed by atoms with Crippen LogP contribution < -0.4 is 0 Å². The number of carbonyl (C=O) groups excluding carboxylic acids is 1. The Morgan fingerprint density at radius 2 is 1.90 bits per heavy atom. The van der Waals surface area contributed by atoms with Gasteiger partial charge in [0.15, 0.2) is 0 Å². The van der Waals surface area contributed by atoms with E-state index in [0.29, 0.717) is 6.61 Å². The van der Waals surface area contributed by atoms with Gasteiger partial charge in [-0.2, -0.15) is 0 Å². The number of hydrogen-bond donors (Lipinski definition) is 0. The first-order valence-electron chi connectivity index (χ1n) is 7.78. The van der Waals surface area contributed by atoms with Crippen LogP contribution in [-0.2, 0) is 9.53 Å². The normalized spacial score (nSPS) is 17.6. The Labute approximate surface area is 121 Å². The van der Waals surface area contributed by atoms with Crippen LogP contribution >= 0.6 is 0 Å². The lowest BCUT2D eigenvalue weighted by atomic mass is 10.0. The minimum atomic E-state index is -0.228. The molecule has 1 aromatic rings. The van der Waals surface area contributed by atoms with Crippen LogP contribution in [0.2, 0.25) is 0 Å². The molecule has 1 aromatic carbocycles. The van der Waals surface area contributed by atoms with Crippen molar-refractivity contribution < 1.29 is 9.53 Å². The van der Waals surface area contributed by atoms with Crippen LogP contribution in [0.5, 0.6) is 0 Å². The van der Waals surface area contributed by atoms with Gasteiger partial charge in [0.2, 0.25) is 0 Å². The van der Waals surface area contributed by atoms with Gasteiger partial charge in [-0.3, -0.25) is 4.90 Å². The molecule has 0 N–H and O–H groups in total. The summed E-state index contributed by atoms with van der Waals surface area (Å²) in [4.78, 5) is 14.7. The molecule has 3 nitrogen and oxygen atoms in total. The fourth-order valence-corrected chi connectivity index (χ4v) is 2.70. The second kappa shape index (κ2) is 8.05. The zero-order valence-electron chi connectivity index (χ0n) is 12.4. The van der Waals surface area contributed by atoms with E-state index in [1.807, 2.05) is 30.3 Å². The molecule has 3 heteroatoms. The van der Waals surface area contributed by atoms with Crippen molar-refractivity contribution >= 4 is 5.97 Å². The minimum absolute atomic E-state index is 0.0912. The molecular weight excluding hydrogens is 250 g/mol. The maximum atomic E-state index is 12.5. The highest BCUT2D eigenvalue weighted by Crippen LogP contribution is 2.25. The van der Waals surface area contributed by atoms with E-state index in [2.05, 4.69) is 11.8 Å². The van der Waals surface area contributed by atoms with Crippen LogP contribution in [-0.4, -0.2) is 30.6 Å². The van der Waals surface area contributed by atoms with Crippen molar-refractivity contribution in [3.05, 3.63) is 35.9 Å². The Balaban J connectivity index is 2.09. The van der Waals surface area contributed by atoms with E-state index in [1.54, 1.807) is 0 Å². The minimum Gasteiger partial charge on any atom is -0.464 e. The fraction of sp³-hybridized carbons (Fsp3) is 0.588. The highest BCUT2D eigenvalue weighted by molar-refractivity contribution is 5.77. The van der Waals surface area contributed by atoms with E-state index in [1.165, 1.54) is 19.3 Å². The Kier molecular flexibility index (Phi) is 6.06. The molecular formula is C17H25NO2. The predicted octanol–water partition coefficient (Wildman–Crippen LogP) is 3.56. The third kappa shape index (κ3) is 4.07. The number of hydrogen-bond acceptors (Lipinski definition) is 3. The molecule has 0 radical (unpaired) electrons. The molecule has 2 rings (SSSR count). The largest absolute Gasteiger partial charge is 0.464 e. The van der Waals surface area contributed by atoms with Gasteiger partial charge in [-0.05, 0) is 37.9 Å². The standard InChI is InChI=1S/C17H25NO2/c1-2-3-14-20-17(19)16(15-10-6-4-7-11-15)18-12-8-5-9-13-18/h4,6-7,10-11,16H,2-3,5,8-9,12-14H2,1H3. The average molecular weight is 275 g/mol. The monoisotopic (exact) mass is 275 g/mol. The zero-order valence-corrected chi connectivity index (χ0v) is 12.4. The number of rotatable bonds is 6. The SMILES string of the molecule is CCCCOC(=O)C(c1ccccc1)N1CCCCC1. The van der Waals surface area contributed by atoms with E-state index in [-0.39, 0.29) is 12.0 Å². The van der Waals surface area contributed by atoms with Gasteiger partial charge in [0, 0.05) is 0 Å². The lowest BCUT2D eigenvalue weighted by Crippen LogP contribution is -2.38. The highest BCUT2D eigenvalue weighted by atomic mass is 16.5. The Morgan fingerprint density at radius 1 is 1.20 bits per heavy atom. The van der Waals surface area contributed by atoms with Crippen LogP contribution in [0.3, 0.4) is 0 Å². The van der Waals surface area contributed by atoms with Crippen molar-refractivity contribution in [2.75, 3.05) is 19.7 Å². The van der Waals surface area contributed by atoms with Crippen LogP contribution in [0.4, 0.5) is 0 Å². The summed E-state index contributed by atoms with van der Waals surface area (Å²) in [6.07, 6.45) is 5.60. The summed E-state index contributed by atoms with van der Waals surface area (Å²) in [5.74, 6) is -0.0912. The van der Waals surface area contributed by atoms with Gasteiger partial charge < -0.3 is 4.74 Å². The van der Waals surface area contributed by atoms with Gasteiger partial charge >= 0.3 is 5.97 Å². The van der Waals surface area contributed by atoms with Gasteiger partial charge in [0.1, 0.15) is 6.04 Å². The van der Waals surface area contributed by atoms with Crippen LogP contribution in [0.1, 0.15) is 50.6 Å². The van der Waals surface area contributed by atoms with Crippen LogP contribution in [0.15, 0.2) is 30.3 Å². The number of benzene rings is 1. The van der Waals surface area contributed by atoms with Gasteiger partial charge in [-0.1, -0.05) is 50.1 Å². The van der Waals surface area contributed by atoms with Crippen LogP contribution in [0.25, 0.3) is 0 Å². The fourth-order valence-electron chi connectivity index (χ4n) is 2.70. The molecule has 1 heterocycles. The molecule has 0 bridgehead atoms. The maximum absolute atomic E-state index is 12.5. The molecule has 0 saturated carbocycles. The van der Waals surface area contributed by atoms with Gasteiger partial charge in [-0.15, -0.1) is 0 Å². The number of esters is 1. The summed E-state index contributed by atoms with van der Waals surface area (Å²) in [5.41, 5.74) is 1.05. The predicted molar refractivity (Wildman–Crippen MR) is 80.5 cm³/mol. The molecule has 0 aromatic heterocycles. The lowest BCUT2D eigenvalue weighted by molar-refractivity contribution is -0.151. The summed E-state index contributed by atoms with van der Waals surface area (Å²) in [6.45, 7) is 4.62. The van der Waals surface area contributed by atoms with E-state index in [4.69, 9.17) is 4.74 Å². The van der Waals surface area contributed by atoms with Crippen molar-refractivity contribution in [2.24, 2.45) is 0 Å². The number of nitrogens with zero attached hydrogens (tertiary/aromatic N) is 1. The van der Waals surface area contributed by atoms with Crippen molar-refractivity contribution in [1.29, 1.82) is 0 Å². The molecule has 1 atom stereocenters. The Bertz CT molecular complexity index is 399. The van der Waals surface area contributed by atoms with Crippen molar-refractivity contribution in [3.63, 3.8) is 0 Å². The van der Waals surface area contributed by atoms with E-state index < -0.39 is 0 Å². The lowest BCUT2D eigenvalue weighted by Gasteiger charge is -2.33. The summed E-state index contributed by atoms with van der Waals surface area (Å²) >= 11 is 0. The molecule has 1 unspecified atom stereocenters. The van der Waals surface area contributed by atoms with Gasteiger partial charge in [0.25, 0.3) is 0 Å². The number of unbranched alkanes of at least 4 members (excludes halogenated alkanes) is 1. The molecule has 1 saturated heterocycles. The second-order valence-electron chi connectivity index (χ2n) is 5.43. The third-order valence-electron chi connectivity index (χ3n) is 3.84. The first kappa shape index (κ1) is 15.0.